The Balaban J connectivity index is 1.01. The van der Waals surface area contributed by atoms with Crippen LogP contribution in [0.3, 0.4) is 0 Å². The molecule has 10 aromatic rings. The molecule has 0 radical (unpaired) electrons. The third-order valence-electron chi connectivity index (χ3n) is 12.6. The van der Waals surface area contributed by atoms with Crippen molar-refractivity contribution in [2.75, 3.05) is 4.90 Å². The van der Waals surface area contributed by atoms with Crippen LogP contribution >= 0.6 is 0 Å². The molecule has 12 rings (SSSR count). The second-order valence-electron chi connectivity index (χ2n) is 16.1. The topological polar surface area (TPSA) is 16.4 Å². The molecule has 268 valence electrons. The summed E-state index contributed by atoms with van der Waals surface area (Å²) in [5.74, 6) is 0. The van der Waals surface area contributed by atoms with Crippen molar-refractivity contribution >= 4 is 49.8 Å². The molecule has 2 aliphatic carbocycles. The summed E-state index contributed by atoms with van der Waals surface area (Å²) in [5.41, 5.74) is 20.1. The highest BCUT2D eigenvalue weighted by Gasteiger charge is 2.36. The number of fused-ring (bicyclic) bond motifs is 5. The number of nitrogens with zero attached hydrogens (tertiary/aromatic N) is 1. The van der Waals surface area contributed by atoms with Gasteiger partial charge in [0.1, 0.15) is 11.2 Å². The van der Waals surface area contributed by atoms with Gasteiger partial charge >= 0.3 is 0 Å². The van der Waals surface area contributed by atoms with Crippen molar-refractivity contribution in [3.05, 3.63) is 199 Å². The molecule has 0 N–H and O–H groups in total. The lowest BCUT2D eigenvalue weighted by atomic mass is 9.82. The Labute approximate surface area is 331 Å². The molecule has 0 saturated carbocycles. The molecule has 0 amide bonds. The summed E-state index contributed by atoms with van der Waals surface area (Å²) in [4.78, 5) is 2.39. The summed E-state index contributed by atoms with van der Waals surface area (Å²) >= 11 is 0. The van der Waals surface area contributed by atoms with E-state index in [1.165, 1.54) is 77.2 Å². The first-order valence-electron chi connectivity index (χ1n) is 19.8. The van der Waals surface area contributed by atoms with E-state index >= 15 is 0 Å². The maximum atomic E-state index is 6.85. The van der Waals surface area contributed by atoms with Gasteiger partial charge in [0.15, 0.2) is 0 Å². The fourth-order valence-corrected chi connectivity index (χ4v) is 9.89. The number of hydrogen-bond donors (Lipinski definition) is 0. The molecule has 9 aromatic carbocycles. The predicted molar refractivity (Wildman–Crippen MR) is 239 cm³/mol. The van der Waals surface area contributed by atoms with E-state index in [2.05, 4.69) is 207 Å². The van der Waals surface area contributed by atoms with Crippen LogP contribution in [0.1, 0.15) is 25.0 Å². The molecule has 2 aliphatic rings. The van der Waals surface area contributed by atoms with Gasteiger partial charge in [0.25, 0.3) is 0 Å². The minimum Gasteiger partial charge on any atom is -0.455 e. The molecule has 57 heavy (non-hydrogen) atoms. The smallest absolute Gasteiger partial charge is 0.143 e. The van der Waals surface area contributed by atoms with Crippen LogP contribution in [0.4, 0.5) is 17.1 Å². The van der Waals surface area contributed by atoms with E-state index in [0.29, 0.717) is 0 Å². The van der Waals surface area contributed by atoms with Crippen LogP contribution in [0.5, 0.6) is 0 Å². The molecule has 0 atom stereocenters. The van der Waals surface area contributed by atoms with Crippen LogP contribution in [0.2, 0.25) is 0 Å². The normalized spacial score (nSPS) is 13.2. The molecular weight excluding hydrogens is 691 g/mol. The minimum atomic E-state index is -0.104. The van der Waals surface area contributed by atoms with Crippen molar-refractivity contribution < 1.29 is 4.42 Å². The minimum absolute atomic E-state index is 0.104. The summed E-state index contributed by atoms with van der Waals surface area (Å²) in [7, 11) is 0. The first kappa shape index (κ1) is 32.1. The van der Waals surface area contributed by atoms with E-state index in [1.807, 2.05) is 0 Å². The maximum absolute atomic E-state index is 6.85. The van der Waals surface area contributed by atoms with Crippen molar-refractivity contribution in [2.24, 2.45) is 0 Å². The second kappa shape index (κ2) is 11.9. The largest absolute Gasteiger partial charge is 0.455 e. The lowest BCUT2D eigenvalue weighted by Gasteiger charge is -2.28. The van der Waals surface area contributed by atoms with Crippen LogP contribution in [-0.4, -0.2) is 0 Å². The van der Waals surface area contributed by atoms with Gasteiger partial charge in [0, 0.05) is 38.8 Å². The lowest BCUT2D eigenvalue weighted by Crippen LogP contribution is -2.16. The molecule has 0 saturated heterocycles. The van der Waals surface area contributed by atoms with Crippen LogP contribution in [0.15, 0.2) is 192 Å². The van der Waals surface area contributed by atoms with Gasteiger partial charge < -0.3 is 9.32 Å². The number of anilines is 3. The second-order valence-corrected chi connectivity index (χ2v) is 16.1. The van der Waals surface area contributed by atoms with E-state index in [-0.39, 0.29) is 5.41 Å². The highest BCUT2D eigenvalue weighted by atomic mass is 16.3. The average molecular weight is 728 g/mol. The van der Waals surface area contributed by atoms with Crippen LogP contribution < -0.4 is 4.90 Å². The van der Waals surface area contributed by atoms with E-state index in [0.717, 1.165) is 39.4 Å². The third-order valence-corrected chi connectivity index (χ3v) is 12.6. The fraction of sp³-hybridized carbons (Fsp3) is 0.0545. The Bertz CT molecular complexity index is 3240. The summed E-state index contributed by atoms with van der Waals surface area (Å²) in [5, 5.41) is 4.94. The molecule has 1 aromatic heterocycles. The van der Waals surface area contributed by atoms with E-state index in [1.54, 1.807) is 0 Å². The van der Waals surface area contributed by atoms with Gasteiger partial charge in [-0.1, -0.05) is 153 Å². The zero-order chi connectivity index (χ0) is 37.8. The van der Waals surface area contributed by atoms with Crippen molar-refractivity contribution in [1.82, 2.24) is 0 Å². The SMILES string of the molecule is CC1(C)c2ccccc2-c2ccc(N(c3ccc(-c4ccccc4)cc3)c3ccc(-c4ccc5c6c4oc4cccc(c46)-c4cccc6cccc-5c46)cc3)cc21. The molecular formula is C55H37NO. The monoisotopic (exact) mass is 727 g/mol. The van der Waals surface area contributed by atoms with E-state index < -0.39 is 0 Å². The Morgan fingerprint density at radius 3 is 1.63 bits per heavy atom. The maximum Gasteiger partial charge on any atom is 0.143 e. The zero-order valence-corrected chi connectivity index (χ0v) is 31.8. The summed E-state index contributed by atoms with van der Waals surface area (Å²) in [6, 6.07) is 68.8. The lowest BCUT2D eigenvalue weighted by molar-refractivity contribution is 0.660. The molecule has 2 nitrogen and oxygen atoms in total. The molecule has 0 aliphatic heterocycles. The van der Waals surface area contributed by atoms with Gasteiger partial charge in [0.05, 0.1) is 0 Å². The first-order chi connectivity index (χ1) is 28.0. The molecule has 2 heteroatoms. The summed E-state index contributed by atoms with van der Waals surface area (Å²) in [6.07, 6.45) is 0. The summed E-state index contributed by atoms with van der Waals surface area (Å²) < 4.78 is 6.85. The molecule has 1 heterocycles. The van der Waals surface area contributed by atoms with Gasteiger partial charge in [-0.25, -0.2) is 0 Å². The molecule has 0 spiro atoms. The van der Waals surface area contributed by atoms with Crippen molar-refractivity contribution in [2.45, 2.75) is 19.3 Å². The Kier molecular flexibility index (Phi) is 6.72. The van der Waals surface area contributed by atoms with Crippen LogP contribution in [0.25, 0.3) is 88.3 Å². The van der Waals surface area contributed by atoms with Crippen molar-refractivity contribution in [3.63, 3.8) is 0 Å². The number of rotatable bonds is 5. The highest BCUT2D eigenvalue weighted by Crippen LogP contribution is 2.52. The van der Waals surface area contributed by atoms with Crippen LogP contribution in [-0.2, 0) is 5.41 Å². The van der Waals surface area contributed by atoms with E-state index in [4.69, 9.17) is 4.42 Å². The van der Waals surface area contributed by atoms with E-state index in [9.17, 15) is 0 Å². The van der Waals surface area contributed by atoms with Gasteiger partial charge in [-0.15, -0.1) is 0 Å². The first-order valence-corrected chi connectivity index (χ1v) is 19.8. The zero-order valence-electron chi connectivity index (χ0n) is 31.8. The quantitative estimate of drug-likeness (QED) is 0.175. The Morgan fingerprint density at radius 2 is 0.895 bits per heavy atom. The van der Waals surface area contributed by atoms with Crippen molar-refractivity contribution in [3.8, 4) is 55.6 Å². The predicted octanol–water partition coefficient (Wildman–Crippen LogP) is 15.5. The number of furan rings is 1. The molecule has 0 unspecified atom stereocenters. The molecule has 0 fully saturated rings. The van der Waals surface area contributed by atoms with Gasteiger partial charge in [-0.3, -0.25) is 0 Å². The third kappa shape index (κ3) is 4.65. The van der Waals surface area contributed by atoms with Gasteiger partial charge in [-0.2, -0.15) is 0 Å². The Morgan fingerprint density at radius 1 is 0.368 bits per heavy atom. The number of hydrogen-bond acceptors (Lipinski definition) is 2. The standard InChI is InChI=1S/C55H37NO/c1-55(2)48-19-7-6-15-42(48)43-30-29-40(33-49(43)55)56(38-25-21-35(22-26-38)34-11-4-3-5-12-34)39-27-23-36(24-28-39)41-31-32-47-45-17-9-14-37-13-8-16-44(51(37)45)46-18-10-20-50-52(46)53(47)54(41)57-50/h3-33H,1-2H3. The molecule has 0 bridgehead atoms. The van der Waals surface area contributed by atoms with Gasteiger partial charge in [-0.05, 0) is 121 Å². The average Bonchev–Trinajstić information content (AvgIpc) is 3.72. The highest BCUT2D eigenvalue weighted by molar-refractivity contribution is 6.27. The Hall–Kier alpha value is -7.16. The summed E-state index contributed by atoms with van der Waals surface area (Å²) in [6.45, 7) is 4.70. The van der Waals surface area contributed by atoms with Crippen LogP contribution in [0, 0.1) is 0 Å². The van der Waals surface area contributed by atoms with Gasteiger partial charge in [0.2, 0.25) is 0 Å². The number of benzene rings is 9. The fourth-order valence-electron chi connectivity index (χ4n) is 9.89. The van der Waals surface area contributed by atoms with Crippen molar-refractivity contribution in [1.29, 1.82) is 0 Å².